The zero-order chi connectivity index (χ0) is 13.1. The minimum Gasteiger partial charge on any atom is -0.384 e. The Morgan fingerprint density at radius 3 is 2.50 bits per heavy atom. The van der Waals surface area contributed by atoms with Gasteiger partial charge in [-0.05, 0) is 25.7 Å². The molecule has 0 radical (unpaired) electrons. The molecule has 0 aliphatic heterocycles. The summed E-state index contributed by atoms with van der Waals surface area (Å²) >= 11 is 0. The molecule has 2 rings (SSSR count). The van der Waals surface area contributed by atoms with Gasteiger partial charge in [-0.1, -0.05) is 26.7 Å². The minimum atomic E-state index is 0.302. The predicted octanol–water partition coefficient (Wildman–Crippen LogP) is 3.17. The molecule has 1 aliphatic carbocycles. The van der Waals surface area contributed by atoms with Crippen LogP contribution >= 0.6 is 0 Å². The standard InChI is InChI=1S/C14H24N4/c1-9(2)14-17-12(15)8-13(18-14)16-10(3)11-6-4-5-7-11/h8-11H,4-7H2,1-3H3,(H3,15,16,17,18). The molecule has 1 aromatic heterocycles. The quantitative estimate of drug-likeness (QED) is 0.859. The van der Waals surface area contributed by atoms with E-state index in [0.29, 0.717) is 17.8 Å². The van der Waals surface area contributed by atoms with Crippen LogP contribution in [0.25, 0.3) is 0 Å². The third-order valence-corrected chi connectivity index (χ3v) is 3.76. The second-order valence-corrected chi connectivity index (χ2v) is 5.67. The third-order valence-electron chi connectivity index (χ3n) is 3.76. The van der Waals surface area contributed by atoms with Crippen LogP contribution in [0.3, 0.4) is 0 Å². The van der Waals surface area contributed by atoms with E-state index >= 15 is 0 Å². The first-order valence-electron chi connectivity index (χ1n) is 6.97. The Bertz CT molecular complexity index is 397. The Morgan fingerprint density at radius 2 is 1.89 bits per heavy atom. The topological polar surface area (TPSA) is 63.8 Å². The van der Waals surface area contributed by atoms with Crippen LogP contribution in [0.1, 0.15) is 58.2 Å². The summed E-state index contributed by atoms with van der Waals surface area (Å²) in [5, 5.41) is 3.49. The number of nitrogens with two attached hydrogens (primary N) is 1. The van der Waals surface area contributed by atoms with Crippen LogP contribution in [-0.2, 0) is 0 Å². The summed E-state index contributed by atoms with van der Waals surface area (Å²) in [7, 11) is 0. The van der Waals surface area contributed by atoms with E-state index in [0.717, 1.165) is 17.6 Å². The SMILES string of the molecule is CC(C)c1nc(N)cc(NC(C)C2CCCC2)n1. The molecule has 0 spiro atoms. The lowest BCUT2D eigenvalue weighted by atomic mass is 10.00. The third kappa shape index (κ3) is 3.12. The van der Waals surface area contributed by atoms with Gasteiger partial charge < -0.3 is 11.1 Å². The molecule has 1 atom stereocenters. The maximum absolute atomic E-state index is 5.84. The Morgan fingerprint density at radius 1 is 1.22 bits per heavy atom. The lowest BCUT2D eigenvalue weighted by Gasteiger charge is -2.21. The fourth-order valence-electron chi connectivity index (χ4n) is 2.63. The van der Waals surface area contributed by atoms with E-state index in [-0.39, 0.29) is 0 Å². The van der Waals surface area contributed by atoms with Crippen molar-refractivity contribution in [3.63, 3.8) is 0 Å². The van der Waals surface area contributed by atoms with Crippen LogP contribution < -0.4 is 11.1 Å². The van der Waals surface area contributed by atoms with E-state index < -0.39 is 0 Å². The first kappa shape index (κ1) is 13.1. The van der Waals surface area contributed by atoms with Gasteiger partial charge in [0, 0.05) is 18.0 Å². The van der Waals surface area contributed by atoms with Gasteiger partial charge in [0.05, 0.1) is 0 Å². The van der Waals surface area contributed by atoms with Gasteiger partial charge in [-0.15, -0.1) is 0 Å². The van der Waals surface area contributed by atoms with Gasteiger partial charge in [-0.25, -0.2) is 9.97 Å². The van der Waals surface area contributed by atoms with Crippen LogP contribution in [0.15, 0.2) is 6.07 Å². The molecule has 4 heteroatoms. The molecule has 0 saturated heterocycles. The van der Waals surface area contributed by atoms with Crippen molar-refractivity contribution in [2.45, 2.75) is 58.4 Å². The number of aromatic nitrogens is 2. The Balaban J connectivity index is 2.08. The van der Waals surface area contributed by atoms with Crippen LogP contribution in [0, 0.1) is 5.92 Å². The molecule has 1 aliphatic rings. The van der Waals surface area contributed by atoms with Gasteiger partial charge in [-0.2, -0.15) is 0 Å². The second kappa shape index (κ2) is 5.55. The molecular formula is C14H24N4. The lowest BCUT2D eigenvalue weighted by molar-refractivity contribution is 0.481. The molecule has 1 fully saturated rings. The number of hydrogen-bond donors (Lipinski definition) is 2. The van der Waals surface area contributed by atoms with Gasteiger partial charge in [0.2, 0.25) is 0 Å². The van der Waals surface area contributed by atoms with Crippen molar-refractivity contribution in [1.29, 1.82) is 0 Å². The first-order valence-corrected chi connectivity index (χ1v) is 6.97. The molecule has 100 valence electrons. The van der Waals surface area contributed by atoms with Crippen molar-refractivity contribution in [1.82, 2.24) is 9.97 Å². The van der Waals surface area contributed by atoms with Crippen LogP contribution in [0.5, 0.6) is 0 Å². The van der Waals surface area contributed by atoms with Gasteiger partial charge in [0.1, 0.15) is 17.5 Å². The first-order chi connectivity index (χ1) is 8.56. The summed E-state index contributed by atoms with van der Waals surface area (Å²) in [4.78, 5) is 8.81. The summed E-state index contributed by atoms with van der Waals surface area (Å²) in [5.74, 6) is 3.30. The summed E-state index contributed by atoms with van der Waals surface area (Å²) in [6.45, 7) is 6.40. The van der Waals surface area contributed by atoms with E-state index in [1.165, 1.54) is 25.7 Å². The predicted molar refractivity (Wildman–Crippen MR) is 75.6 cm³/mol. The Labute approximate surface area is 109 Å². The van der Waals surface area contributed by atoms with Crippen molar-refractivity contribution in [3.05, 3.63) is 11.9 Å². The van der Waals surface area contributed by atoms with E-state index in [1.54, 1.807) is 0 Å². The smallest absolute Gasteiger partial charge is 0.135 e. The molecule has 4 nitrogen and oxygen atoms in total. The van der Waals surface area contributed by atoms with Crippen molar-refractivity contribution in [2.75, 3.05) is 11.1 Å². The molecule has 3 N–H and O–H groups in total. The summed E-state index contributed by atoms with van der Waals surface area (Å²) < 4.78 is 0. The molecule has 0 bridgehead atoms. The summed E-state index contributed by atoms with van der Waals surface area (Å²) in [6.07, 6.45) is 5.37. The number of nitrogens with zero attached hydrogens (tertiary/aromatic N) is 2. The Kier molecular flexibility index (Phi) is 4.04. The second-order valence-electron chi connectivity index (χ2n) is 5.67. The van der Waals surface area contributed by atoms with Gasteiger partial charge in [0.15, 0.2) is 0 Å². The van der Waals surface area contributed by atoms with E-state index in [4.69, 9.17) is 5.73 Å². The van der Waals surface area contributed by atoms with Gasteiger partial charge in [0.25, 0.3) is 0 Å². The van der Waals surface area contributed by atoms with E-state index in [1.807, 2.05) is 6.07 Å². The van der Waals surface area contributed by atoms with Crippen LogP contribution in [-0.4, -0.2) is 16.0 Å². The Hall–Kier alpha value is -1.32. The number of rotatable bonds is 4. The molecule has 1 aromatic rings. The summed E-state index contributed by atoms with van der Waals surface area (Å²) in [6, 6.07) is 2.29. The molecule has 1 unspecified atom stereocenters. The van der Waals surface area contributed by atoms with Crippen molar-refractivity contribution < 1.29 is 0 Å². The number of nitrogen functional groups attached to an aromatic ring is 1. The van der Waals surface area contributed by atoms with Crippen LogP contribution in [0.2, 0.25) is 0 Å². The monoisotopic (exact) mass is 248 g/mol. The maximum atomic E-state index is 5.84. The van der Waals surface area contributed by atoms with E-state index in [2.05, 4.69) is 36.1 Å². The van der Waals surface area contributed by atoms with Gasteiger partial charge >= 0.3 is 0 Å². The molecule has 1 saturated carbocycles. The largest absolute Gasteiger partial charge is 0.384 e. The zero-order valence-electron chi connectivity index (χ0n) is 11.6. The highest BCUT2D eigenvalue weighted by Crippen LogP contribution is 2.29. The minimum absolute atomic E-state index is 0.302. The zero-order valence-corrected chi connectivity index (χ0v) is 11.6. The lowest BCUT2D eigenvalue weighted by Crippen LogP contribution is -2.24. The molecule has 1 heterocycles. The summed E-state index contributed by atoms with van der Waals surface area (Å²) in [5.41, 5.74) is 5.84. The normalized spacial score (nSPS) is 18.2. The molecular weight excluding hydrogens is 224 g/mol. The average Bonchev–Trinajstić information content (AvgIpc) is 2.81. The highest BCUT2D eigenvalue weighted by molar-refractivity contribution is 5.45. The molecule has 18 heavy (non-hydrogen) atoms. The number of anilines is 2. The van der Waals surface area contributed by atoms with Crippen LogP contribution in [0.4, 0.5) is 11.6 Å². The fraction of sp³-hybridized carbons (Fsp3) is 0.714. The van der Waals surface area contributed by atoms with Crippen molar-refractivity contribution in [3.8, 4) is 0 Å². The number of hydrogen-bond acceptors (Lipinski definition) is 4. The van der Waals surface area contributed by atoms with Gasteiger partial charge in [-0.3, -0.25) is 0 Å². The molecule has 0 aromatic carbocycles. The van der Waals surface area contributed by atoms with Crippen molar-refractivity contribution >= 4 is 11.6 Å². The van der Waals surface area contributed by atoms with E-state index in [9.17, 15) is 0 Å². The highest BCUT2D eigenvalue weighted by Gasteiger charge is 2.21. The number of nitrogens with one attached hydrogen (secondary N) is 1. The molecule has 0 amide bonds. The fourth-order valence-corrected chi connectivity index (χ4v) is 2.63. The highest BCUT2D eigenvalue weighted by atomic mass is 15.1. The maximum Gasteiger partial charge on any atom is 0.135 e. The average molecular weight is 248 g/mol. The van der Waals surface area contributed by atoms with Crippen molar-refractivity contribution in [2.24, 2.45) is 5.92 Å².